The van der Waals surface area contributed by atoms with E-state index in [1.165, 1.54) is 21.0 Å². The minimum atomic E-state index is -1.59. The van der Waals surface area contributed by atoms with E-state index in [1.54, 1.807) is 19.1 Å². The molecule has 0 aliphatic heterocycles. The Labute approximate surface area is 112 Å². The number of rotatable bonds is 5. The minimum absolute atomic E-state index is 0.229. The van der Waals surface area contributed by atoms with E-state index in [2.05, 4.69) is 0 Å². The van der Waals surface area contributed by atoms with Crippen LogP contribution in [0.1, 0.15) is 43.0 Å². The molecule has 0 aliphatic carbocycles. The summed E-state index contributed by atoms with van der Waals surface area (Å²) in [5, 5.41) is 8.83. The van der Waals surface area contributed by atoms with E-state index in [0.717, 1.165) is 5.56 Å². The summed E-state index contributed by atoms with van der Waals surface area (Å²) < 4.78 is 19.4. The second-order valence-corrected chi connectivity index (χ2v) is 5.05. The number of aryl methyl sites for hydroxylation is 1. The summed E-state index contributed by atoms with van der Waals surface area (Å²) in [6, 6.07) is 2.65. The Kier molecular flexibility index (Phi) is 4.52. The number of hydrogen-bond donors (Lipinski definition) is 2. The summed E-state index contributed by atoms with van der Waals surface area (Å²) in [5.41, 5.74) is 6.03. The molecule has 0 heterocycles. The molecule has 0 saturated carbocycles. The van der Waals surface area contributed by atoms with Gasteiger partial charge < -0.3 is 15.6 Å². The summed E-state index contributed by atoms with van der Waals surface area (Å²) >= 11 is 0. The molecule has 5 heteroatoms. The average Bonchev–Trinajstić information content (AvgIpc) is 2.25. The first-order chi connectivity index (χ1) is 8.68. The fourth-order valence-corrected chi connectivity index (χ4v) is 2.14. The van der Waals surface area contributed by atoms with Crippen LogP contribution >= 0.6 is 0 Å². The summed E-state index contributed by atoms with van der Waals surface area (Å²) in [4.78, 5) is 10.8. The second-order valence-electron chi connectivity index (χ2n) is 5.05. The van der Waals surface area contributed by atoms with Gasteiger partial charge in [-0.1, -0.05) is 12.1 Å². The SMILES string of the molecule is COc1c(C(C)(C)F)ccc(C)c1C(N)CC(=O)O. The number of carboxylic acids is 1. The predicted molar refractivity (Wildman–Crippen MR) is 71.0 cm³/mol. The Bertz CT molecular complexity index is 480. The standard InChI is InChI=1S/C14H20FNO3/c1-8-5-6-9(14(2,3)15)13(19-4)12(8)10(16)7-11(17)18/h5-6,10H,7,16H2,1-4H3,(H,17,18). The molecule has 1 unspecified atom stereocenters. The summed E-state index contributed by atoms with van der Waals surface area (Å²) in [7, 11) is 1.43. The van der Waals surface area contributed by atoms with Crippen LogP contribution in [-0.2, 0) is 10.5 Å². The van der Waals surface area contributed by atoms with Crippen LogP contribution in [0, 0.1) is 6.92 Å². The number of nitrogens with two attached hydrogens (primary N) is 1. The van der Waals surface area contributed by atoms with Crippen molar-refractivity contribution in [3.05, 3.63) is 28.8 Å². The van der Waals surface area contributed by atoms with E-state index in [9.17, 15) is 9.18 Å². The Balaban J connectivity index is 3.41. The molecule has 0 aliphatic rings. The van der Waals surface area contributed by atoms with Crippen LogP contribution in [0.15, 0.2) is 12.1 Å². The Morgan fingerprint density at radius 3 is 2.53 bits per heavy atom. The number of aliphatic carboxylic acids is 1. The van der Waals surface area contributed by atoms with E-state index in [-0.39, 0.29) is 6.42 Å². The van der Waals surface area contributed by atoms with Crippen molar-refractivity contribution in [2.75, 3.05) is 7.11 Å². The maximum atomic E-state index is 14.2. The van der Waals surface area contributed by atoms with Gasteiger partial charge in [-0.05, 0) is 26.3 Å². The third-order valence-corrected chi connectivity index (χ3v) is 3.02. The molecular formula is C14H20FNO3. The zero-order chi connectivity index (χ0) is 14.8. The number of carbonyl (C=O) groups is 1. The molecule has 1 rings (SSSR count). The normalized spacial score (nSPS) is 13.2. The number of ether oxygens (including phenoxy) is 1. The molecule has 0 saturated heterocycles. The van der Waals surface area contributed by atoms with Gasteiger partial charge in [0.15, 0.2) is 0 Å². The van der Waals surface area contributed by atoms with Crippen LogP contribution in [0.4, 0.5) is 4.39 Å². The highest BCUT2D eigenvalue weighted by Gasteiger charge is 2.28. The number of carboxylic acid groups (broad SMARTS) is 1. The maximum absolute atomic E-state index is 14.2. The minimum Gasteiger partial charge on any atom is -0.496 e. The van der Waals surface area contributed by atoms with Crippen molar-refractivity contribution in [1.29, 1.82) is 0 Å². The van der Waals surface area contributed by atoms with Crippen molar-refractivity contribution >= 4 is 5.97 Å². The average molecular weight is 269 g/mol. The van der Waals surface area contributed by atoms with Gasteiger partial charge in [0, 0.05) is 17.2 Å². The fourth-order valence-electron chi connectivity index (χ4n) is 2.14. The molecule has 3 N–H and O–H groups in total. The molecular weight excluding hydrogens is 249 g/mol. The molecule has 106 valence electrons. The first kappa shape index (κ1) is 15.4. The third kappa shape index (κ3) is 3.44. The highest BCUT2D eigenvalue weighted by atomic mass is 19.1. The summed E-state index contributed by atoms with van der Waals surface area (Å²) in [5.74, 6) is -0.667. The van der Waals surface area contributed by atoms with Crippen LogP contribution < -0.4 is 10.5 Å². The van der Waals surface area contributed by atoms with Crippen LogP contribution in [-0.4, -0.2) is 18.2 Å². The predicted octanol–water partition coefficient (Wildman–Crippen LogP) is 2.68. The molecule has 1 aromatic rings. The number of methoxy groups -OCH3 is 1. The van der Waals surface area contributed by atoms with Gasteiger partial charge in [-0.3, -0.25) is 4.79 Å². The molecule has 0 spiro atoms. The first-order valence-electron chi connectivity index (χ1n) is 6.02. The molecule has 1 aromatic carbocycles. The van der Waals surface area contributed by atoms with Crippen LogP contribution in [0.25, 0.3) is 0 Å². The van der Waals surface area contributed by atoms with Crippen molar-refractivity contribution < 1.29 is 19.0 Å². The lowest BCUT2D eigenvalue weighted by Crippen LogP contribution is -2.20. The monoisotopic (exact) mass is 269 g/mol. The zero-order valence-electron chi connectivity index (χ0n) is 11.7. The molecule has 19 heavy (non-hydrogen) atoms. The van der Waals surface area contributed by atoms with Crippen molar-refractivity contribution in [2.45, 2.75) is 38.9 Å². The van der Waals surface area contributed by atoms with Crippen molar-refractivity contribution in [3.63, 3.8) is 0 Å². The lowest BCUT2D eigenvalue weighted by Gasteiger charge is -2.24. The molecule has 0 bridgehead atoms. The molecule has 0 fully saturated rings. The van der Waals surface area contributed by atoms with Gasteiger partial charge in [0.05, 0.1) is 13.5 Å². The fraction of sp³-hybridized carbons (Fsp3) is 0.500. The van der Waals surface area contributed by atoms with E-state index >= 15 is 0 Å². The van der Waals surface area contributed by atoms with Gasteiger partial charge in [-0.2, -0.15) is 0 Å². The smallest absolute Gasteiger partial charge is 0.305 e. The first-order valence-corrected chi connectivity index (χ1v) is 6.02. The van der Waals surface area contributed by atoms with Gasteiger partial charge in [0.1, 0.15) is 11.4 Å². The van der Waals surface area contributed by atoms with Gasteiger partial charge in [-0.15, -0.1) is 0 Å². The maximum Gasteiger partial charge on any atom is 0.305 e. The topological polar surface area (TPSA) is 72.5 Å². The van der Waals surface area contributed by atoms with Gasteiger partial charge in [0.2, 0.25) is 0 Å². The Morgan fingerprint density at radius 2 is 2.11 bits per heavy atom. The lowest BCUT2D eigenvalue weighted by atomic mass is 9.90. The van der Waals surface area contributed by atoms with Crippen LogP contribution in [0.5, 0.6) is 5.75 Å². The molecule has 0 radical (unpaired) electrons. The molecule has 0 amide bonds. The Hall–Kier alpha value is -1.62. The second kappa shape index (κ2) is 5.57. The van der Waals surface area contributed by atoms with Crippen LogP contribution in [0.3, 0.4) is 0 Å². The van der Waals surface area contributed by atoms with Gasteiger partial charge in [-0.25, -0.2) is 4.39 Å². The molecule has 0 aromatic heterocycles. The Morgan fingerprint density at radius 1 is 1.53 bits per heavy atom. The van der Waals surface area contributed by atoms with Crippen LogP contribution in [0.2, 0.25) is 0 Å². The van der Waals surface area contributed by atoms with E-state index in [1.807, 2.05) is 0 Å². The number of benzene rings is 1. The lowest BCUT2D eigenvalue weighted by molar-refractivity contribution is -0.137. The number of alkyl halides is 1. The highest BCUT2D eigenvalue weighted by Crippen LogP contribution is 2.39. The van der Waals surface area contributed by atoms with Crippen molar-refractivity contribution in [2.24, 2.45) is 5.73 Å². The summed E-state index contributed by atoms with van der Waals surface area (Å²) in [6.45, 7) is 4.65. The number of halogens is 1. The van der Waals surface area contributed by atoms with E-state index < -0.39 is 17.7 Å². The van der Waals surface area contributed by atoms with E-state index in [4.69, 9.17) is 15.6 Å². The summed E-state index contributed by atoms with van der Waals surface area (Å²) in [6.07, 6.45) is -0.229. The largest absolute Gasteiger partial charge is 0.496 e. The highest BCUT2D eigenvalue weighted by molar-refractivity contribution is 5.68. The van der Waals surface area contributed by atoms with Gasteiger partial charge in [0.25, 0.3) is 0 Å². The third-order valence-electron chi connectivity index (χ3n) is 3.02. The zero-order valence-corrected chi connectivity index (χ0v) is 11.7. The number of hydrogen-bond acceptors (Lipinski definition) is 3. The van der Waals surface area contributed by atoms with Gasteiger partial charge >= 0.3 is 5.97 Å². The van der Waals surface area contributed by atoms with E-state index in [0.29, 0.717) is 16.9 Å². The quantitative estimate of drug-likeness (QED) is 0.862. The van der Waals surface area contributed by atoms with Crippen molar-refractivity contribution in [1.82, 2.24) is 0 Å². The van der Waals surface area contributed by atoms with Crippen molar-refractivity contribution in [3.8, 4) is 5.75 Å². The molecule has 4 nitrogen and oxygen atoms in total. The molecule has 1 atom stereocenters.